The third kappa shape index (κ3) is 4.55. The minimum atomic E-state index is -0.688. The van der Waals surface area contributed by atoms with E-state index in [4.69, 9.17) is 4.74 Å². The number of nitrogens with one attached hydrogen (secondary N) is 1. The van der Waals surface area contributed by atoms with E-state index in [0.29, 0.717) is 17.8 Å². The number of aromatic amines is 1. The van der Waals surface area contributed by atoms with Crippen molar-refractivity contribution in [1.29, 1.82) is 0 Å². The fourth-order valence-electron chi connectivity index (χ4n) is 3.90. The van der Waals surface area contributed by atoms with Gasteiger partial charge in [0.25, 0.3) is 0 Å². The highest BCUT2D eigenvalue weighted by Gasteiger charge is 2.19. The fraction of sp³-hybridized carbons (Fsp3) is 0.409. The SMILES string of the molecule is Cc1cc(OCc2noc(=O)[nH]2)c(F)c(C)c1Cc1ccc(O)c(N2CCCCC2)n1. The molecule has 1 fully saturated rings. The Bertz CT molecular complexity index is 1140. The van der Waals surface area contributed by atoms with Gasteiger partial charge in [0.2, 0.25) is 0 Å². The minimum absolute atomic E-state index is 0.0790. The van der Waals surface area contributed by atoms with E-state index in [2.05, 4.69) is 24.5 Å². The van der Waals surface area contributed by atoms with Crippen LogP contribution >= 0.6 is 0 Å². The number of ether oxygens (including phenoxy) is 1. The van der Waals surface area contributed by atoms with Gasteiger partial charge in [0.15, 0.2) is 29.0 Å². The summed E-state index contributed by atoms with van der Waals surface area (Å²) in [6.07, 6.45) is 3.79. The van der Waals surface area contributed by atoms with Gasteiger partial charge in [-0.25, -0.2) is 14.2 Å². The second-order valence-electron chi connectivity index (χ2n) is 7.81. The molecular formula is C22H25FN4O4. The smallest absolute Gasteiger partial charge is 0.439 e. The molecule has 0 atom stereocenters. The Kier molecular flexibility index (Phi) is 5.92. The lowest BCUT2D eigenvalue weighted by molar-refractivity contribution is 0.271. The molecule has 0 amide bonds. The molecule has 0 saturated carbocycles. The number of benzene rings is 1. The maximum atomic E-state index is 15.0. The van der Waals surface area contributed by atoms with Crippen LogP contribution < -0.4 is 15.4 Å². The zero-order valence-electron chi connectivity index (χ0n) is 17.6. The van der Waals surface area contributed by atoms with E-state index < -0.39 is 11.6 Å². The third-order valence-electron chi connectivity index (χ3n) is 5.60. The number of rotatable bonds is 6. The van der Waals surface area contributed by atoms with Crippen LogP contribution in [-0.2, 0) is 13.0 Å². The fourth-order valence-corrected chi connectivity index (χ4v) is 3.90. The summed E-state index contributed by atoms with van der Waals surface area (Å²) in [5, 5.41) is 13.8. The van der Waals surface area contributed by atoms with Gasteiger partial charge >= 0.3 is 5.76 Å². The Morgan fingerprint density at radius 3 is 2.74 bits per heavy atom. The van der Waals surface area contributed by atoms with E-state index in [-0.39, 0.29) is 23.9 Å². The maximum Gasteiger partial charge on any atom is 0.439 e. The number of aromatic nitrogens is 3. The van der Waals surface area contributed by atoms with Crippen molar-refractivity contribution in [3.8, 4) is 11.5 Å². The van der Waals surface area contributed by atoms with Gasteiger partial charge in [-0.15, -0.1) is 0 Å². The molecule has 1 aliphatic heterocycles. The number of H-pyrrole nitrogens is 1. The van der Waals surface area contributed by atoms with E-state index in [1.54, 1.807) is 25.1 Å². The molecule has 9 heteroatoms. The Hall–Kier alpha value is -3.36. The van der Waals surface area contributed by atoms with Crippen LogP contribution in [0.15, 0.2) is 27.5 Å². The molecule has 1 saturated heterocycles. The number of halogens is 1. The van der Waals surface area contributed by atoms with Gasteiger partial charge in [-0.05, 0) is 68.0 Å². The number of aromatic hydroxyl groups is 1. The Balaban J connectivity index is 1.56. The van der Waals surface area contributed by atoms with Gasteiger partial charge in [0.1, 0.15) is 6.61 Å². The zero-order chi connectivity index (χ0) is 22.0. The maximum absolute atomic E-state index is 15.0. The molecule has 164 valence electrons. The average molecular weight is 428 g/mol. The normalized spacial score (nSPS) is 14.1. The van der Waals surface area contributed by atoms with Crippen molar-refractivity contribution in [2.45, 2.75) is 46.1 Å². The number of anilines is 1. The Labute approximate surface area is 178 Å². The first-order valence-electron chi connectivity index (χ1n) is 10.3. The Morgan fingerprint density at radius 2 is 2.03 bits per heavy atom. The molecule has 4 rings (SSSR count). The molecule has 8 nitrogen and oxygen atoms in total. The number of hydrogen-bond acceptors (Lipinski definition) is 7. The second kappa shape index (κ2) is 8.79. The number of piperidine rings is 1. The molecule has 2 aromatic heterocycles. The van der Waals surface area contributed by atoms with Crippen molar-refractivity contribution in [2.75, 3.05) is 18.0 Å². The molecule has 1 aromatic carbocycles. The van der Waals surface area contributed by atoms with Crippen molar-refractivity contribution in [3.05, 3.63) is 62.8 Å². The summed E-state index contributed by atoms with van der Waals surface area (Å²) >= 11 is 0. The molecular weight excluding hydrogens is 403 g/mol. The highest BCUT2D eigenvalue weighted by Crippen LogP contribution is 2.31. The topological polar surface area (TPSA) is 104 Å². The van der Waals surface area contributed by atoms with E-state index in [0.717, 1.165) is 42.8 Å². The van der Waals surface area contributed by atoms with Gasteiger partial charge < -0.3 is 14.7 Å². The van der Waals surface area contributed by atoms with Gasteiger partial charge in [-0.2, -0.15) is 0 Å². The zero-order valence-corrected chi connectivity index (χ0v) is 17.6. The van der Waals surface area contributed by atoms with Crippen LogP contribution in [0.1, 0.15) is 47.5 Å². The predicted molar refractivity (Wildman–Crippen MR) is 112 cm³/mol. The molecule has 0 bridgehead atoms. The van der Waals surface area contributed by atoms with Crippen LogP contribution in [0, 0.1) is 19.7 Å². The standard InChI is InChI=1S/C22H25FN4O4/c1-13-10-18(30-12-19-25-22(29)31-26-19)20(23)14(2)16(13)11-15-6-7-17(28)21(24-15)27-8-4-3-5-9-27/h6-7,10,28H,3-5,8-9,11-12H2,1-2H3,(H,25,26,29). The first-order chi connectivity index (χ1) is 14.9. The number of aryl methyl sites for hydroxylation is 1. The predicted octanol–water partition coefficient (Wildman–Crippen LogP) is 3.38. The highest BCUT2D eigenvalue weighted by molar-refractivity contribution is 5.53. The van der Waals surface area contributed by atoms with Gasteiger partial charge in [0, 0.05) is 25.2 Å². The van der Waals surface area contributed by atoms with Gasteiger partial charge in [-0.1, -0.05) is 5.16 Å². The molecule has 0 spiro atoms. The largest absolute Gasteiger partial charge is 0.504 e. The highest BCUT2D eigenvalue weighted by atomic mass is 19.1. The molecule has 0 radical (unpaired) electrons. The van der Waals surface area contributed by atoms with Crippen molar-refractivity contribution in [3.63, 3.8) is 0 Å². The van der Waals surface area contributed by atoms with Crippen LogP contribution in [0.5, 0.6) is 11.5 Å². The lowest BCUT2D eigenvalue weighted by Crippen LogP contribution is -2.30. The number of hydrogen-bond donors (Lipinski definition) is 2. The van der Waals surface area contributed by atoms with Gasteiger partial charge in [-0.3, -0.25) is 9.51 Å². The lowest BCUT2D eigenvalue weighted by atomic mass is 9.97. The monoisotopic (exact) mass is 428 g/mol. The molecule has 0 aliphatic carbocycles. The summed E-state index contributed by atoms with van der Waals surface area (Å²) in [6.45, 7) is 5.23. The molecule has 0 unspecified atom stereocenters. The molecule has 3 aromatic rings. The summed E-state index contributed by atoms with van der Waals surface area (Å²) in [6, 6.07) is 5.05. The van der Waals surface area contributed by atoms with Crippen LogP contribution in [0.25, 0.3) is 0 Å². The summed E-state index contributed by atoms with van der Waals surface area (Å²) in [7, 11) is 0. The van der Waals surface area contributed by atoms with Crippen LogP contribution in [0.4, 0.5) is 10.2 Å². The van der Waals surface area contributed by atoms with E-state index >= 15 is 0 Å². The third-order valence-corrected chi connectivity index (χ3v) is 5.60. The quantitative estimate of drug-likeness (QED) is 0.620. The summed E-state index contributed by atoms with van der Waals surface area (Å²) in [5.41, 5.74) is 2.91. The van der Waals surface area contributed by atoms with Crippen LogP contribution in [0.3, 0.4) is 0 Å². The lowest BCUT2D eigenvalue weighted by Gasteiger charge is -2.28. The Morgan fingerprint density at radius 1 is 1.26 bits per heavy atom. The molecule has 31 heavy (non-hydrogen) atoms. The second-order valence-corrected chi connectivity index (χ2v) is 7.81. The van der Waals surface area contributed by atoms with Crippen LogP contribution in [0.2, 0.25) is 0 Å². The molecule has 3 heterocycles. The average Bonchev–Trinajstić information content (AvgIpc) is 3.19. The number of nitrogens with zero attached hydrogens (tertiary/aromatic N) is 3. The van der Waals surface area contributed by atoms with Crippen LogP contribution in [-0.4, -0.2) is 33.3 Å². The summed E-state index contributed by atoms with van der Waals surface area (Å²) in [5.74, 6) is -0.138. The van der Waals surface area contributed by atoms with Crippen molar-refractivity contribution in [1.82, 2.24) is 15.1 Å². The van der Waals surface area contributed by atoms with E-state index in [1.165, 1.54) is 6.42 Å². The number of pyridine rings is 1. The van der Waals surface area contributed by atoms with E-state index in [1.807, 2.05) is 6.92 Å². The molecule has 2 N–H and O–H groups in total. The van der Waals surface area contributed by atoms with Gasteiger partial charge in [0.05, 0.1) is 0 Å². The first-order valence-corrected chi connectivity index (χ1v) is 10.3. The van der Waals surface area contributed by atoms with Crippen molar-refractivity contribution in [2.24, 2.45) is 0 Å². The van der Waals surface area contributed by atoms with Crippen molar-refractivity contribution >= 4 is 5.82 Å². The first kappa shape index (κ1) is 20.9. The summed E-state index contributed by atoms with van der Waals surface area (Å²) < 4.78 is 24.9. The van der Waals surface area contributed by atoms with Crippen molar-refractivity contribution < 1.29 is 18.8 Å². The van der Waals surface area contributed by atoms with E-state index in [9.17, 15) is 14.3 Å². The molecule has 1 aliphatic rings. The summed E-state index contributed by atoms with van der Waals surface area (Å²) in [4.78, 5) is 20.1. The minimum Gasteiger partial charge on any atom is -0.504 e.